The third-order valence-corrected chi connectivity index (χ3v) is 5.79. The first-order valence-corrected chi connectivity index (χ1v) is 10.3. The molecule has 30 heavy (non-hydrogen) atoms. The van der Waals surface area contributed by atoms with E-state index >= 15 is 0 Å². The molecule has 0 saturated heterocycles. The Hall–Kier alpha value is -3.39. The summed E-state index contributed by atoms with van der Waals surface area (Å²) in [5.41, 5.74) is 6.93. The molecule has 154 valence electrons. The lowest BCUT2D eigenvalue weighted by atomic mass is 10.1. The highest BCUT2D eigenvalue weighted by Gasteiger charge is 2.30. The molecule has 0 unspecified atom stereocenters. The van der Waals surface area contributed by atoms with E-state index in [-0.39, 0.29) is 24.8 Å². The summed E-state index contributed by atoms with van der Waals surface area (Å²) < 4.78 is 19.0. The summed E-state index contributed by atoms with van der Waals surface area (Å²) in [4.78, 5) is 27.4. The molecule has 0 radical (unpaired) electrons. The zero-order valence-corrected chi connectivity index (χ0v) is 16.8. The fourth-order valence-corrected chi connectivity index (χ4v) is 4.22. The number of para-hydroxylation sites is 2. The van der Waals surface area contributed by atoms with Gasteiger partial charge >= 0.3 is 0 Å². The molecule has 2 atom stereocenters. The monoisotopic (exact) mass is 425 g/mol. The number of anilines is 1. The van der Waals surface area contributed by atoms with Gasteiger partial charge in [-0.3, -0.25) is 9.59 Å². The average Bonchev–Trinajstić information content (AvgIpc) is 3.27. The number of thiophene rings is 1. The van der Waals surface area contributed by atoms with Crippen molar-refractivity contribution < 1.29 is 18.7 Å². The van der Waals surface area contributed by atoms with Gasteiger partial charge in [0.25, 0.3) is 5.91 Å². The van der Waals surface area contributed by atoms with Gasteiger partial charge in [-0.15, -0.1) is 11.3 Å². The molecular weight excluding hydrogens is 405 g/mol. The molecule has 0 saturated carbocycles. The summed E-state index contributed by atoms with van der Waals surface area (Å²) in [5.74, 6) is -0.651. The van der Waals surface area contributed by atoms with E-state index in [1.54, 1.807) is 29.2 Å². The normalized spacial score (nSPS) is 16.3. The van der Waals surface area contributed by atoms with Gasteiger partial charge in [0.05, 0.1) is 24.8 Å². The van der Waals surface area contributed by atoms with Gasteiger partial charge in [0.1, 0.15) is 11.6 Å². The quantitative estimate of drug-likeness (QED) is 0.636. The van der Waals surface area contributed by atoms with Crippen LogP contribution in [0.1, 0.15) is 16.5 Å². The number of hydrogen-bond acceptors (Lipinski definition) is 5. The minimum Gasteiger partial charge on any atom is -0.477 e. The topological polar surface area (TPSA) is 84.7 Å². The van der Waals surface area contributed by atoms with Gasteiger partial charge in [0, 0.05) is 4.88 Å². The van der Waals surface area contributed by atoms with Crippen LogP contribution < -0.4 is 20.7 Å². The molecule has 2 aromatic carbocycles. The number of nitrogens with zero attached hydrogens (tertiary/aromatic N) is 1. The van der Waals surface area contributed by atoms with Crippen molar-refractivity contribution in [3.63, 3.8) is 0 Å². The Labute approximate surface area is 177 Å². The van der Waals surface area contributed by atoms with E-state index in [1.807, 2.05) is 29.6 Å². The summed E-state index contributed by atoms with van der Waals surface area (Å²) in [6.45, 7) is 0.202. The van der Waals surface area contributed by atoms with Crippen molar-refractivity contribution in [2.45, 2.75) is 12.1 Å². The maximum Gasteiger partial charge on any atom is 0.260 e. The number of hydrogen-bond donors (Lipinski definition) is 2. The molecule has 1 aromatic heterocycles. The van der Waals surface area contributed by atoms with E-state index < -0.39 is 18.1 Å². The SMILES string of the molecule is NC(=O)[C@@H]1CN(CC(=O)N[C@@H](c2ccc(F)cc2)c2cccs2)c2ccccc2O1. The summed E-state index contributed by atoms with van der Waals surface area (Å²) in [6.07, 6.45) is -0.835. The second-order valence-electron chi connectivity index (χ2n) is 6.92. The van der Waals surface area contributed by atoms with Gasteiger partial charge in [-0.05, 0) is 41.3 Å². The van der Waals surface area contributed by atoms with Crippen LogP contribution in [0.2, 0.25) is 0 Å². The summed E-state index contributed by atoms with van der Waals surface area (Å²) in [5, 5.41) is 4.95. The highest BCUT2D eigenvalue weighted by Crippen LogP contribution is 2.33. The molecule has 1 aliphatic rings. The van der Waals surface area contributed by atoms with Crippen LogP contribution >= 0.6 is 11.3 Å². The summed E-state index contributed by atoms with van der Waals surface area (Å²) >= 11 is 1.51. The molecular formula is C22H20FN3O3S. The largest absolute Gasteiger partial charge is 0.477 e. The predicted octanol–water partition coefficient (Wildman–Crippen LogP) is 2.85. The number of fused-ring (bicyclic) bond motifs is 1. The van der Waals surface area contributed by atoms with Gasteiger partial charge in [0.2, 0.25) is 5.91 Å². The number of carbonyl (C=O) groups excluding carboxylic acids is 2. The van der Waals surface area contributed by atoms with Crippen molar-refractivity contribution in [1.82, 2.24) is 5.32 Å². The number of benzene rings is 2. The van der Waals surface area contributed by atoms with Crippen molar-refractivity contribution in [3.8, 4) is 5.75 Å². The van der Waals surface area contributed by atoms with Gasteiger partial charge in [-0.25, -0.2) is 4.39 Å². The molecule has 2 heterocycles. The smallest absolute Gasteiger partial charge is 0.260 e. The Bertz CT molecular complexity index is 1040. The minimum absolute atomic E-state index is 0.0211. The highest BCUT2D eigenvalue weighted by molar-refractivity contribution is 7.10. The van der Waals surface area contributed by atoms with Crippen LogP contribution in [0.3, 0.4) is 0 Å². The van der Waals surface area contributed by atoms with Crippen molar-refractivity contribution in [2.75, 3.05) is 18.0 Å². The second-order valence-corrected chi connectivity index (χ2v) is 7.90. The molecule has 6 nitrogen and oxygen atoms in total. The molecule has 0 fully saturated rings. The lowest BCUT2D eigenvalue weighted by Crippen LogP contribution is -2.50. The van der Waals surface area contributed by atoms with Crippen molar-refractivity contribution in [2.24, 2.45) is 5.73 Å². The fraction of sp³-hybridized carbons (Fsp3) is 0.182. The summed E-state index contributed by atoms with van der Waals surface area (Å²) in [7, 11) is 0. The lowest BCUT2D eigenvalue weighted by molar-refractivity contribution is -0.125. The fourth-order valence-electron chi connectivity index (χ4n) is 3.41. The number of nitrogens with two attached hydrogens (primary N) is 1. The molecule has 3 N–H and O–H groups in total. The molecule has 0 spiro atoms. The number of rotatable bonds is 6. The molecule has 4 rings (SSSR count). The van der Waals surface area contributed by atoms with Crippen LogP contribution in [-0.2, 0) is 9.59 Å². The van der Waals surface area contributed by atoms with E-state index in [2.05, 4.69) is 5.32 Å². The third-order valence-electron chi connectivity index (χ3n) is 4.85. The van der Waals surface area contributed by atoms with E-state index in [9.17, 15) is 14.0 Å². The molecule has 3 aromatic rings. The Morgan fingerprint density at radius 3 is 2.63 bits per heavy atom. The van der Waals surface area contributed by atoms with Gasteiger partial charge < -0.3 is 20.7 Å². The first-order valence-electron chi connectivity index (χ1n) is 9.39. The Morgan fingerprint density at radius 2 is 1.93 bits per heavy atom. The number of halogens is 1. The van der Waals surface area contributed by atoms with Crippen molar-refractivity contribution in [3.05, 3.63) is 82.3 Å². The zero-order valence-electron chi connectivity index (χ0n) is 16.0. The van der Waals surface area contributed by atoms with Crippen LogP contribution in [0.5, 0.6) is 5.75 Å². The zero-order chi connectivity index (χ0) is 21.1. The van der Waals surface area contributed by atoms with Gasteiger partial charge in [-0.2, -0.15) is 0 Å². The van der Waals surface area contributed by atoms with Crippen molar-refractivity contribution >= 4 is 28.8 Å². The van der Waals surface area contributed by atoms with E-state index in [1.165, 1.54) is 23.5 Å². The number of amides is 2. The van der Waals surface area contributed by atoms with Crippen LogP contribution in [0.15, 0.2) is 66.0 Å². The number of nitrogens with one attached hydrogen (secondary N) is 1. The maximum absolute atomic E-state index is 13.4. The molecule has 2 amide bonds. The van der Waals surface area contributed by atoms with Crippen LogP contribution in [0.4, 0.5) is 10.1 Å². The van der Waals surface area contributed by atoms with E-state index in [0.29, 0.717) is 5.75 Å². The Balaban J connectivity index is 1.55. The standard InChI is InChI=1S/C22H20FN3O3S/c23-15-9-7-14(8-10-15)21(19-6-3-11-30-19)25-20(27)13-26-12-18(22(24)28)29-17-5-2-1-4-16(17)26/h1-11,18,21H,12-13H2,(H2,24,28)(H,25,27)/t18-,21-/m0/s1. The number of carbonyl (C=O) groups is 2. The van der Waals surface area contributed by atoms with E-state index in [4.69, 9.17) is 10.5 Å². The van der Waals surface area contributed by atoms with Gasteiger partial charge in [0.15, 0.2) is 6.10 Å². The minimum atomic E-state index is -0.835. The lowest BCUT2D eigenvalue weighted by Gasteiger charge is -2.34. The molecule has 0 bridgehead atoms. The van der Waals surface area contributed by atoms with Crippen molar-refractivity contribution in [1.29, 1.82) is 0 Å². The average molecular weight is 425 g/mol. The molecule has 8 heteroatoms. The maximum atomic E-state index is 13.4. The molecule has 0 aliphatic carbocycles. The first kappa shape index (κ1) is 19.9. The molecule has 1 aliphatic heterocycles. The second kappa shape index (κ2) is 8.54. The van der Waals surface area contributed by atoms with Crippen LogP contribution in [0.25, 0.3) is 0 Å². The summed E-state index contributed by atoms with van der Waals surface area (Å²) in [6, 6.07) is 16.7. The Morgan fingerprint density at radius 1 is 1.17 bits per heavy atom. The van der Waals surface area contributed by atoms with Crippen LogP contribution in [0, 0.1) is 5.82 Å². The van der Waals surface area contributed by atoms with Gasteiger partial charge in [-0.1, -0.05) is 30.3 Å². The third kappa shape index (κ3) is 4.28. The predicted molar refractivity (Wildman–Crippen MR) is 113 cm³/mol. The first-order chi connectivity index (χ1) is 14.5. The Kier molecular flexibility index (Phi) is 5.67. The number of primary amides is 1. The highest BCUT2D eigenvalue weighted by atomic mass is 32.1. The van der Waals surface area contributed by atoms with E-state index in [0.717, 1.165) is 16.1 Å². The number of ether oxygens (including phenoxy) is 1. The van der Waals surface area contributed by atoms with Crippen LogP contribution in [-0.4, -0.2) is 31.0 Å².